The van der Waals surface area contributed by atoms with Gasteiger partial charge in [0.25, 0.3) is 5.91 Å². The van der Waals surface area contributed by atoms with Crippen molar-refractivity contribution in [3.05, 3.63) is 51.2 Å². The van der Waals surface area contributed by atoms with Crippen molar-refractivity contribution in [2.24, 2.45) is 5.73 Å². The Morgan fingerprint density at radius 3 is 2.65 bits per heavy atom. The van der Waals surface area contributed by atoms with Gasteiger partial charge in [0, 0.05) is 17.1 Å². The topological polar surface area (TPSA) is 102 Å². The molecule has 3 N–H and O–H groups in total. The van der Waals surface area contributed by atoms with Crippen molar-refractivity contribution in [3.63, 3.8) is 0 Å². The van der Waals surface area contributed by atoms with Gasteiger partial charge < -0.3 is 20.7 Å². The quantitative estimate of drug-likeness (QED) is 0.703. The van der Waals surface area contributed by atoms with Gasteiger partial charge in [0.15, 0.2) is 6.61 Å². The van der Waals surface area contributed by atoms with E-state index < -0.39 is 12.0 Å². The Balaban J connectivity index is 1.92. The fraction of sp³-hybridized carbons (Fsp3) is 0.235. The third-order valence-electron chi connectivity index (χ3n) is 3.40. The second-order valence-corrected chi connectivity index (χ2v) is 7.06. The van der Waals surface area contributed by atoms with E-state index >= 15 is 0 Å². The third kappa shape index (κ3) is 5.75. The summed E-state index contributed by atoms with van der Waals surface area (Å²) in [5, 5.41) is 2.37. The van der Waals surface area contributed by atoms with Gasteiger partial charge in [-0.2, -0.15) is 0 Å². The summed E-state index contributed by atoms with van der Waals surface area (Å²) in [4.78, 5) is 37.8. The smallest absolute Gasteiger partial charge is 0.338 e. The summed E-state index contributed by atoms with van der Waals surface area (Å²) in [6.45, 7) is 2.35. The lowest BCUT2D eigenvalue weighted by Crippen LogP contribution is -2.33. The van der Waals surface area contributed by atoms with Gasteiger partial charge in [0.05, 0.1) is 16.4 Å². The molecule has 0 saturated heterocycles. The molecule has 2 aromatic rings. The predicted octanol–water partition coefficient (Wildman–Crippen LogP) is 3.10. The number of carbonyl (C=O) groups excluding carboxylic acids is 3. The van der Waals surface area contributed by atoms with Gasteiger partial charge in [0.2, 0.25) is 0 Å². The second-order valence-electron chi connectivity index (χ2n) is 5.26. The first-order valence-electron chi connectivity index (χ1n) is 7.74. The molecule has 0 saturated carbocycles. The van der Waals surface area contributed by atoms with Crippen LogP contribution in [-0.2, 0) is 16.1 Å². The molecule has 0 fully saturated rings. The van der Waals surface area contributed by atoms with Crippen molar-refractivity contribution in [2.75, 3.05) is 18.5 Å². The van der Waals surface area contributed by atoms with Crippen molar-refractivity contribution in [1.82, 2.24) is 4.90 Å². The number of nitrogens with one attached hydrogen (secondary N) is 1. The van der Waals surface area contributed by atoms with E-state index in [-0.39, 0.29) is 18.1 Å². The Kier molecular flexibility index (Phi) is 6.99. The lowest BCUT2D eigenvalue weighted by atomic mass is 10.2. The van der Waals surface area contributed by atoms with Crippen LogP contribution in [0.25, 0.3) is 0 Å². The van der Waals surface area contributed by atoms with Gasteiger partial charge in [-0.05, 0) is 37.3 Å². The van der Waals surface area contributed by atoms with E-state index in [0.717, 1.165) is 4.88 Å². The molecule has 7 nitrogen and oxygen atoms in total. The van der Waals surface area contributed by atoms with E-state index in [1.807, 2.05) is 13.0 Å². The van der Waals surface area contributed by atoms with Gasteiger partial charge in [-0.25, -0.2) is 9.59 Å². The summed E-state index contributed by atoms with van der Waals surface area (Å²) in [7, 11) is 0. The Hall–Kier alpha value is -2.58. The van der Waals surface area contributed by atoms with Crippen molar-refractivity contribution >= 4 is 46.5 Å². The summed E-state index contributed by atoms with van der Waals surface area (Å²) in [6, 6.07) is 8.98. The number of ether oxygens (including phenoxy) is 1. The maximum Gasteiger partial charge on any atom is 0.338 e. The fourth-order valence-corrected chi connectivity index (χ4v) is 3.27. The highest BCUT2D eigenvalue weighted by atomic mass is 35.5. The number of urea groups is 1. The molecule has 1 aromatic heterocycles. The van der Waals surface area contributed by atoms with Gasteiger partial charge >= 0.3 is 12.0 Å². The van der Waals surface area contributed by atoms with Crippen molar-refractivity contribution in [1.29, 1.82) is 0 Å². The Morgan fingerprint density at radius 2 is 2.04 bits per heavy atom. The molecule has 0 atom stereocenters. The molecular weight excluding hydrogens is 378 g/mol. The Labute approximate surface area is 159 Å². The maximum absolute atomic E-state index is 12.3. The number of esters is 1. The van der Waals surface area contributed by atoms with Gasteiger partial charge in [0.1, 0.15) is 0 Å². The molecule has 0 aliphatic carbocycles. The fourth-order valence-electron chi connectivity index (χ4n) is 2.17. The van der Waals surface area contributed by atoms with Crippen LogP contribution in [0.5, 0.6) is 0 Å². The highest BCUT2D eigenvalue weighted by Gasteiger charge is 2.16. The Bertz CT molecular complexity index is 809. The first-order chi connectivity index (χ1) is 12.4. The summed E-state index contributed by atoms with van der Waals surface area (Å²) >= 11 is 7.29. The van der Waals surface area contributed by atoms with Crippen LogP contribution in [0.2, 0.25) is 4.34 Å². The average molecular weight is 396 g/mol. The number of rotatable bonds is 7. The number of benzene rings is 1. The molecule has 26 heavy (non-hydrogen) atoms. The van der Waals surface area contributed by atoms with Crippen LogP contribution in [0.1, 0.15) is 22.2 Å². The zero-order valence-electron chi connectivity index (χ0n) is 14.0. The lowest BCUT2D eigenvalue weighted by Gasteiger charge is -2.20. The van der Waals surface area contributed by atoms with E-state index in [0.29, 0.717) is 23.1 Å². The van der Waals surface area contributed by atoms with E-state index in [9.17, 15) is 14.4 Å². The average Bonchev–Trinajstić information content (AvgIpc) is 3.02. The number of hydrogen-bond acceptors (Lipinski definition) is 5. The van der Waals surface area contributed by atoms with Crippen LogP contribution in [0.4, 0.5) is 10.5 Å². The largest absolute Gasteiger partial charge is 0.452 e. The van der Waals surface area contributed by atoms with E-state index in [4.69, 9.17) is 22.1 Å². The van der Waals surface area contributed by atoms with Crippen molar-refractivity contribution < 1.29 is 19.1 Å². The first kappa shape index (κ1) is 19.7. The van der Waals surface area contributed by atoms with Crippen LogP contribution in [0.15, 0.2) is 36.4 Å². The number of amides is 3. The molecule has 1 aromatic carbocycles. The Morgan fingerprint density at radius 1 is 1.27 bits per heavy atom. The number of thiophene rings is 1. The normalized spacial score (nSPS) is 10.2. The van der Waals surface area contributed by atoms with E-state index in [2.05, 4.69) is 5.32 Å². The van der Waals surface area contributed by atoms with Crippen LogP contribution < -0.4 is 11.1 Å². The summed E-state index contributed by atoms with van der Waals surface area (Å²) < 4.78 is 5.73. The molecule has 138 valence electrons. The van der Waals surface area contributed by atoms with Crippen LogP contribution in [-0.4, -0.2) is 36.0 Å². The molecule has 0 aliphatic rings. The summed E-state index contributed by atoms with van der Waals surface area (Å²) in [5.74, 6) is -0.974. The predicted molar refractivity (Wildman–Crippen MR) is 100 cm³/mol. The molecule has 2 rings (SSSR count). The molecule has 9 heteroatoms. The zero-order chi connectivity index (χ0) is 19.1. The number of carbonyl (C=O) groups is 3. The highest BCUT2D eigenvalue weighted by Crippen LogP contribution is 2.22. The van der Waals surface area contributed by atoms with E-state index in [1.54, 1.807) is 23.1 Å². The van der Waals surface area contributed by atoms with Crippen LogP contribution >= 0.6 is 22.9 Å². The SMILES string of the molecule is CCN(Cc1ccc(Cl)s1)C(=O)COC(=O)c1cccc(NC(N)=O)c1. The number of anilines is 1. The number of primary amides is 1. The highest BCUT2D eigenvalue weighted by molar-refractivity contribution is 7.16. The van der Waals surface area contributed by atoms with Gasteiger partial charge in [-0.1, -0.05) is 17.7 Å². The number of halogens is 1. The number of likely N-dealkylation sites (N-methyl/N-ethyl adjacent to an activating group) is 1. The minimum Gasteiger partial charge on any atom is -0.452 e. The molecule has 0 radical (unpaired) electrons. The maximum atomic E-state index is 12.3. The molecule has 0 aliphatic heterocycles. The number of nitrogens with two attached hydrogens (primary N) is 1. The number of nitrogens with zero attached hydrogens (tertiary/aromatic N) is 1. The minimum absolute atomic E-state index is 0.206. The molecule has 0 unspecified atom stereocenters. The summed E-state index contributed by atoms with van der Waals surface area (Å²) in [5.41, 5.74) is 5.61. The van der Waals surface area contributed by atoms with Gasteiger partial charge in [-0.15, -0.1) is 11.3 Å². The standard InChI is InChI=1S/C17H18ClN3O4S/c1-2-21(9-13-6-7-14(18)26-13)15(22)10-25-16(23)11-4-3-5-12(8-11)20-17(19)24/h3-8H,2,9-10H2,1H3,(H3,19,20,24). The molecular formula is C17H18ClN3O4S. The second kappa shape index (κ2) is 9.21. The summed E-state index contributed by atoms with van der Waals surface area (Å²) in [6.07, 6.45) is 0. The van der Waals surface area contributed by atoms with Crippen molar-refractivity contribution in [3.8, 4) is 0 Å². The molecule has 3 amide bonds. The van der Waals surface area contributed by atoms with Crippen LogP contribution in [0, 0.1) is 0 Å². The molecule has 1 heterocycles. The zero-order valence-corrected chi connectivity index (χ0v) is 15.6. The van der Waals surface area contributed by atoms with Crippen molar-refractivity contribution in [2.45, 2.75) is 13.5 Å². The van der Waals surface area contributed by atoms with Crippen LogP contribution in [0.3, 0.4) is 0 Å². The third-order valence-corrected chi connectivity index (χ3v) is 4.62. The molecule has 0 bridgehead atoms. The minimum atomic E-state index is -0.738. The van der Waals surface area contributed by atoms with E-state index in [1.165, 1.54) is 23.5 Å². The van der Waals surface area contributed by atoms with Gasteiger partial charge in [-0.3, -0.25) is 4.79 Å². The first-order valence-corrected chi connectivity index (χ1v) is 8.94. The number of hydrogen-bond donors (Lipinski definition) is 2. The monoisotopic (exact) mass is 395 g/mol. The lowest BCUT2D eigenvalue weighted by molar-refractivity contribution is -0.134. The molecule has 0 spiro atoms.